The monoisotopic (exact) mass is 352 g/mol. The molecule has 0 aliphatic carbocycles. The van der Waals surface area contributed by atoms with Crippen LogP contribution in [0.2, 0.25) is 0 Å². The van der Waals surface area contributed by atoms with Gasteiger partial charge in [-0.3, -0.25) is 0 Å². The predicted octanol–water partition coefficient (Wildman–Crippen LogP) is 4.48. The minimum Gasteiger partial charge on any atom is -0.399 e. The fourth-order valence-corrected chi connectivity index (χ4v) is 2.73. The quantitative estimate of drug-likeness (QED) is 0.695. The van der Waals surface area contributed by atoms with Crippen LogP contribution < -0.4 is 11.5 Å². The number of aliphatic hydroxyl groups excluding tert-OH is 1. The molecule has 5 N–H and O–H groups in total. The fraction of sp³-hybridized carbons (Fsp3) is 0.368. The molecule has 3 nitrogen and oxygen atoms in total. The summed E-state index contributed by atoms with van der Waals surface area (Å²) in [4.78, 5) is 0. The third kappa shape index (κ3) is 4.66. The van der Waals surface area contributed by atoms with Crippen molar-refractivity contribution in [2.75, 3.05) is 11.5 Å². The van der Waals surface area contributed by atoms with E-state index in [-0.39, 0.29) is 11.6 Å². The molecule has 136 valence electrons. The van der Waals surface area contributed by atoms with Gasteiger partial charge in [-0.15, -0.1) is 0 Å². The second kappa shape index (κ2) is 7.35. The Kier molecular flexibility index (Phi) is 5.62. The van der Waals surface area contributed by atoms with Crippen molar-refractivity contribution in [3.05, 3.63) is 58.7 Å². The molecule has 2 aromatic carbocycles. The third-order valence-corrected chi connectivity index (χ3v) is 4.50. The highest BCUT2D eigenvalue weighted by molar-refractivity contribution is 5.50. The number of hydrogen-bond donors (Lipinski definition) is 3. The number of rotatable bonds is 5. The summed E-state index contributed by atoms with van der Waals surface area (Å²) in [5.74, 6) is -0.131. The van der Waals surface area contributed by atoms with Gasteiger partial charge < -0.3 is 16.6 Å². The Hall–Kier alpha value is -2.21. The van der Waals surface area contributed by atoms with Crippen molar-refractivity contribution in [2.24, 2.45) is 5.92 Å². The summed E-state index contributed by atoms with van der Waals surface area (Å²) in [6.45, 7) is 3.75. The van der Waals surface area contributed by atoms with Crippen LogP contribution in [0.25, 0.3) is 0 Å². The first-order chi connectivity index (χ1) is 11.6. The molecular weight excluding hydrogens is 329 g/mol. The maximum absolute atomic E-state index is 12.9. The molecule has 2 aromatic rings. The Morgan fingerprint density at radius 1 is 1.04 bits per heavy atom. The van der Waals surface area contributed by atoms with E-state index in [1.165, 1.54) is 6.07 Å². The van der Waals surface area contributed by atoms with Crippen LogP contribution in [0.3, 0.4) is 0 Å². The van der Waals surface area contributed by atoms with Gasteiger partial charge in [0.25, 0.3) is 0 Å². The molecule has 0 aromatic heterocycles. The number of aliphatic hydroxyl groups is 1. The van der Waals surface area contributed by atoms with Crippen LogP contribution in [-0.4, -0.2) is 5.11 Å². The molecule has 0 fully saturated rings. The average Bonchev–Trinajstić information content (AvgIpc) is 2.54. The first-order valence-corrected chi connectivity index (χ1v) is 8.09. The number of aryl methyl sites for hydroxylation is 2. The van der Waals surface area contributed by atoms with E-state index in [2.05, 4.69) is 0 Å². The Labute approximate surface area is 145 Å². The summed E-state index contributed by atoms with van der Waals surface area (Å²) < 4.78 is 38.7. The Bertz CT molecular complexity index is 744. The van der Waals surface area contributed by atoms with Crippen LogP contribution in [0.15, 0.2) is 36.4 Å². The van der Waals surface area contributed by atoms with Gasteiger partial charge in [0.15, 0.2) is 0 Å². The van der Waals surface area contributed by atoms with Crippen LogP contribution in [0.1, 0.15) is 41.7 Å². The van der Waals surface area contributed by atoms with Gasteiger partial charge in [-0.1, -0.05) is 25.1 Å². The van der Waals surface area contributed by atoms with E-state index in [0.717, 1.165) is 11.6 Å². The lowest BCUT2D eigenvalue weighted by Gasteiger charge is -2.20. The second-order valence-electron chi connectivity index (χ2n) is 6.50. The number of halogens is 3. The number of benzene rings is 2. The van der Waals surface area contributed by atoms with Crippen LogP contribution in [0.5, 0.6) is 0 Å². The molecule has 6 heteroatoms. The zero-order valence-electron chi connectivity index (χ0n) is 14.3. The van der Waals surface area contributed by atoms with Crippen molar-refractivity contribution in [2.45, 2.75) is 39.0 Å². The second-order valence-corrected chi connectivity index (χ2v) is 6.50. The van der Waals surface area contributed by atoms with Crippen LogP contribution in [0.4, 0.5) is 24.5 Å². The lowest BCUT2D eigenvalue weighted by Crippen LogP contribution is -2.12. The summed E-state index contributed by atoms with van der Waals surface area (Å²) in [7, 11) is 0. The maximum atomic E-state index is 12.9. The molecule has 0 amide bonds. The third-order valence-electron chi connectivity index (χ3n) is 4.50. The maximum Gasteiger partial charge on any atom is 0.418 e. The van der Waals surface area contributed by atoms with Gasteiger partial charge in [0.1, 0.15) is 0 Å². The van der Waals surface area contributed by atoms with Gasteiger partial charge in [0.05, 0.1) is 11.7 Å². The van der Waals surface area contributed by atoms with Gasteiger partial charge in [-0.05, 0) is 60.6 Å². The molecule has 2 atom stereocenters. The smallest absolute Gasteiger partial charge is 0.399 e. The van der Waals surface area contributed by atoms with Gasteiger partial charge in [0, 0.05) is 11.4 Å². The standard InChI is InChI=1S/C19H23F3N2O/c1-11-4-7-14(10-17(11)24)18(25)12(2)3-5-13-6-8-16(23)15(9-13)19(20,21)22/h4,6-10,12,18,25H,3,5,23-24H2,1-2H3. The molecule has 2 rings (SSSR count). The van der Waals surface area contributed by atoms with Crippen molar-refractivity contribution in [1.29, 1.82) is 0 Å². The predicted molar refractivity (Wildman–Crippen MR) is 93.9 cm³/mol. The van der Waals surface area contributed by atoms with Crippen LogP contribution in [-0.2, 0) is 12.6 Å². The number of nitrogen functional groups attached to an aromatic ring is 2. The molecule has 0 aliphatic heterocycles. The lowest BCUT2D eigenvalue weighted by molar-refractivity contribution is -0.136. The molecule has 0 radical (unpaired) electrons. The first kappa shape index (κ1) is 19.1. The van der Waals surface area contributed by atoms with E-state index in [9.17, 15) is 18.3 Å². The highest BCUT2D eigenvalue weighted by Gasteiger charge is 2.33. The summed E-state index contributed by atoms with van der Waals surface area (Å²) in [6.07, 6.45) is -4.23. The largest absolute Gasteiger partial charge is 0.418 e. The first-order valence-electron chi connectivity index (χ1n) is 8.09. The lowest BCUT2D eigenvalue weighted by atomic mass is 9.90. The van der Waals surface area contributed by atoms with Crippen LogP contribution in [0, 0.1) is 12.8 Å². The van der Waals surface area contributed by atoms with Gasteiger partial charge in [0.2, 0.25) is 0 Å². The van der Waals surface area contributed by atoms with Crippen molar-refractivity contribution in [3.8, 4) is 0 Å². The highest BCUT2D eigenvalue weighted by Crippen LogP contribution is 2.35. The zero-order valence-corrected chi connectivity index (χ0v) is 14.3. The summed E-state index contributed by atoms with van der Waals surface area (Å²) in [5.41, 5.74) is 13.0. The van der Waals surface area contributed by atoms with E-state index >= 15 is 0 Å². The van der Waals surface area contributed by atoms with Gasteiger partial charge in [-0.2, -0.15) is 13.2 Å². The van der Waals surface area contributed by atoms with E-state index < -0.39 is 17.8 Å². The minimum atomic E-state index is -4.47. The normalized spacial score (nSPS) is 14.3. The molecular formula is C19H23F3N2O. The molecule has 0 aliphatic rings. The van der Waals surface area contributed by atoms with Gasteiger partial charge in [-0.25, -0.2) is 0 Å². The molecule has 0 saturated carbocycles. The molecule has 0 heterocycles. The van der Waals surface area contributed by atoms with Crippen molar-refractivity contribution < 1.29 is 18.3 Å². The average molecular weight is 352 g/mol. The molecule has 0 bridgehead atoms. The summed E-state index contributed by atoms with van der Waals surface area (Å²) in [6, 6.07) is 9.35. The molecule has 0 spiro atoms. The van der Waals surface area contributed by atoms with Gasteiger partial charge >= 0.3 is 6.18 Å². The SMILES string of the molecule is Cc1ccc(C(O)C(C)CCc2ccc(N)c(C(F)(F)F)c2)cc1N. The molecule has 25 heavy (non-hydrogen) atoms. The molecule has 2 unspecified atom stereocenters. The Morgan fingerprint density at radius 3 is 2.32 bits per heavy atom. The number of alkyl halides is 3. The highest BCUT2D eigenvalue weighted by atomic mass is 19.4. The zero-order chi connectivity index (χ0) is 18.8. The molecule has 0 saturated heterocycles. The van der Waals surface area contributed by atoms with E-state index in [1.807, 2.05) is 26.0 Å². The Balaban J connectivity index is 2.06. The van der Waals surface area contributed by atoms with Crippen molar-refractivity contribution in [3.63, 3.8) is 0 Å². The number of hydrogen-bond acceptors (Lipinski definition) is 3. The number of nitrogens with two attached hydrogens (primary N) is 2. The van der Waals surface area contributed by atoms with E-state index in [4.69, 9.17) is 11.5 Å². The van der Waals surface area contributed by atoms with Crippen LogP contribution >= 0.6 is 0 Å². The number of anilines is 2. The summed E-state index contributed by atoms with van der Waals surface area (Å²) >= 11 is 0. The summed E-state index contributed by atoms with van der Waals surface area (Å²) in [5, 5.41) is 10.5. The minimum absolute atomic E-state index is 0.131. The topological polar surface area (TPSA) is 72.3 Å². The van der Waals surface area contributed by atoms with Crippen molar-refractivity contribution >= 4 is 11.4 Å². The Morgan fingerprint density at radius 2 is 1.72 bits per heavy atom. The van der Waals surface area contributed by atoms with Crippen molar-refractivity contribution in [1.82, 2.24) is 0 Å². The fourth-order valence-electron chi connectivity index (χ4n) is 2.73. The van der Waals surface area contributed by atoms with E-state index in [0.29, 0.717) is 29.7 Å². The van der Waals surface area contributed by atoms with E-state index in [1.54, 1.807) is 12.1 Å².